The number of rotatable bonds is 2. The molecule has 0 bridgehead atoms. The maximum absolute atomic E-state index is 5.69. The van der Waals surface area contributed by atoms with Crippen molar-refractivity contribution in [2.75, 3.05) is 5.73 Å². The van der Waals surface area contributed by atoms with Crippen LogP contribution in [0.15, 0.2) is 24.3 Å². The maximum atomic E-state index is 5.69. The van der Waals surface area contributed by atoms with Crippen molar-refractivity contribution in [3.63, 3.8) is 0 Å². The van der Waals surface area contributed by atoms with E-state index in [1.807, 2.05) is 24.3 Å². The van der Waals surface area contributed by atoms with Gasteiger partial charge >= 0.3 is 0 Å². The third-order valence-corrected chi connectivity index (χ3v) is 1.59. The molecule has 0 heterocycles. The number of hydrogen-bond donors (Lipinski definition) is 1. The monoisotopic (exact) mass is 145 g/mol. The van der Waals surface area contributed by atoms with Gasteiger partial charge in [-0.15, -0.1) is 12.3 Å². The maximum Gasteiger partial charge on any atom is 0.0346 e. The lowest BCUT2D eigenvalue weighted by atomic mass is 10.1. The molecule has 1 nitrogen and oxygen atoms in total. The summed E-state index contributed by atoms with van der Waals surface area (Å²) in [4.78, 5) is 0. The Balaban J connectivity index is 2.71. The third-order valence-electron chi connectivity index (χ3n) is 1.59. The molecule has 0 unspecified atom stereocenters. The topological polar surface area (TPSA) is 26.0 Å². The molecule has 0 aliphatic heterocycles. The van der Waals surface area contributed by atoms with Gasteiger partial charge in [-0.05, 0) is 18.1 Å². The summed E-state index contributed by atoms with van der Waals surface area (Å²) in [7, 11) is 0. The van der Waals surface area contributed by atoms with E-state index < -0.39 is 0 Å². The zero-order valence-electron chi connectivity index (χ0n) is 6.38. The Morgan fingerprint density at radius 2 is 2.09 bits per heavy atom. The van der Waals surface area contributed by atoms with Crippen molar-refractivity contribution in [1.82, 2.24) is 0 Å². The van der Waals surface area contributed by atoms with Crippen LogP contribution in [-0.4, -0.2) is 0 Å². The molecule has 0 fully saturated rings. The molecule has 0 amide bonds. The first-order chi connectivity index (χ1) is 5.34. The predicted molar refractivity (Wildman–Crippen MR) is 48.0 cm³/mol. The first-order valence-corrected chi connectivity index (χ1v) is 3.61. The largest absolute Gasteiger partial charge is 0.399 e. The van der Waals surface area contributed by atoms with Crippen LogP contribution in [0.4, 0.5) is 5.69 Å². The van der Waals surface area contributed by atoms with E-state index in [1.54, 1.807) is 0 Å². The van der Waals surface area contributed by atoms with Gasteiger partial charge in [0, 0.05) is 12.1 Å². The summed E-state index contributed by atoms with van der Waals surface area (Å²) >= 11 is 0. The van der Waals surface area contributed by atoms with Gasteiger partial charge in [-0.2, -0.15) is 0 Å². The average molecular weight is 145 g/mol. The molecular formula is C10H11N. The lowest BCUT2D eigenvalue weighted by Crippen LogP contribution is -1.92. The lowest BCUT2D eigenvalue weighted by molar-refractivity contribution is 1.03. The van der Waals surface area contributed by atoms with Crippen molar-refractivity contribution in [2.24, 2.45) is 0 Å². The van der Waals surface area contributed by atoms with E-state index in [0.29, 0.717) is 0 Å². The van der Waals surface area contributed by atoms with Crippen LogP contribution in [0, 0.1) is 12.3 Å². The number of hydrogen-bond acceptors (Lipinski definition) is 1. The summed E-state index contributed by atoms with van der Waals surface area (Å²) in [6.07, 6.45) is 6.77. The smallest absolute Gasteiger partial charge is 0.0346 e. The molecule has 0 atom stereocenters. The highest BCUT2D eigenvalue weighted by atomic mass is 14.6. The summed E-state index contributed by atoms with van der Waals surface area (Å²) in [5.74, 6) is 2.59. The minimum atomic E-state index is 0.758. The van der Waals surface area contributed by atoms with Gasteiger partial charge in [0.05, 0.1) is 0 Å². The molecule has 0 aliphatic rings. The Morgan fingerprint density at radius 1 is 1.36 bits per heavy atom. The van der Waals surface area contributed by atoms with E-state index in [9.17, 15) is 0 Å². The minimum absolute atomic E-state index is 0.758. The SMILES string of the molecule is C#CCCc1ccccc1N. The fourth-order valence-corrected chi connectivity index (χ4v) is 0.969. The Bertz CT molecular complexity index is 270. The number of anilines is 1. The Hall–Kier alpha value is -1.42. The normalized spacial score (nSPS) is 9.00. The Morgan fingerprint density at radius 3 is 2.73 bits per heavy atom. The molecule has 0 aliphatic carbocycles. The van der Waals surface area contributed by atoms with Gasteiger partial charge in [0.15, 0.2) is 0 Å². The van der Waals surface area contributed by atoms with E-state index in [0.717, 1.165) is 24.1 Å². The van der Waals surface area contributed by atoms with Gasteiger partial charge in [0.2, 0.25) is 0 Å². The van der Waals surface area contributed by atoms with Gasteiger partial charge in [-0.3, -0.25) is 0 Å². The quantitative estimate of drug-likeness (QED) is 0.498. The van der Waals surface area contributed by atoms with Gasteiger partial charge in [-0.1, -0.05) is 18.2 Å². The molecule has 1 heteroatoms. The van der Waals surface area contributed by atoms with Crippen molar-refractivity contribution >= 4 is 5.69 Å². The number of nitrogens with two attached hydrogens (primary N) is 1. The molecule has 11 heavy (non-hydrogen) atoms. The third kappa shape index (κ3) is 2.01. The summed E-state index contributed by atoms with van der Waals surface area (Å²) in [5, 5.41) is 0. The zero-order valence-corrected chi connectivity index (χ0v) is 6.38. The number of benzene rings is 1. The number of aryl methyl sites for hydroxylation is 1. The fraction of sp³-hybridized carbons (Fsp3) is 0.200. The van der Waals surface area contributed by atoms with E-state index in [1.165, 1.54) is 0 Å². The number of para-hydroxylation sites is 1. The summed E-state index contributed by atoms with van der Waals surface area (Å²) in [6.45, 7) is 0. The van der Waals surface area contributed by atoms with Crippen LogP contribution in [0.5, 0.6) is 0 Å². The Kier molecular flexibility index (Phi) is 2.57. The molecule has 0 radical (unpaired) electrons. The first kappa shape index (κ1) is 7.68. The van der Waals surface area contributed by atoms with Crippen molar-refractivity contribution < 1.29 is 0 Å². The van der Waals surface area contributed by atoms with Crippen LogP contribution in [0.1, 0.15) is 12.0 Å². The summed E-state index contributed by atoms with van der Waals surface area (Å²) in [6, 6.07) is 7.80. The average Bonchev–Trinajstić information content (AvgIpc) is 2.03. The molecule has 1 aromatic rings. The predicted octanol–water partition coefficient (Wildman–Crippen LogP) is 1.83. The first-order valence-electron chi connectivity index (χ1n) is 3.61. The second-order valence-corrected chi connectivity index (χ2v) is 2.40. The van der Waals surface area contributed by atoms with Gasteiger partial charge in [0.25, 0.3) is 0 Å². The molecule has 2 N–H and O–H groups in total. The lowest BCUT2D eigenvalue weighted by Gasteiger charge is -2.00. The summed E-state index contributed by atoms with van der Waals surface area (Å²) in [5.41, 5.74) is 7.67. The molecule has 1 aromatic carbocycles. The van der Waals surface area contributed by atoms with Crippen LogP contribution >= 0.6 is 0 Å². The van der Waals surface area contributed by atoms with Gasteiger partial charge < -0.3 is 5.73 Å². The van der Waals surface area contributed by atoms with Gasteiger partial charge in [-0.25, -0.2) is 0 Å². The zero-order chi connectivity index (χ0) is 8.10. The van der Waals surface area contributed by atoms with E-state index in [2.05, 4.69) is 5.92 Å². The molecule has 0 spiro atoms. The van der Waals surface area contributed by atoms with E-state index in [4.69, 9.17) is 12.2 Å². The molecule has 0 aromatic heterocycles. The standard InChI is InChI=1S/C10H11N/c1-2-3-6-9-7-4-5-8-10(9)11/h1,4-5,7-8H,3,6,11H2. The highest BCUT2D eigenvalue weighted by molar-refractivity contribution is 5.46. The molecule has 1 rings (SSSR count). The molecular weight excluding hydrogens is 134 g/mol. The number of terminal acetylenes is 1. The molecule has 0 saturated carbocycles. The summed E-state index contributed by atoms with van der Waals surface area (Å²) < 4.78 is 0. The number of nitrogen functional groups attached to an aromatic ring is 1. The van der Waals surface area contributed by atoms with E-state index in [-0.39, 0.29) is 0 Å². The molecule has 0 saturated heterocycles. The van der Waals surface area contributed by atoms with Crippen LogP contribution in [0.3, 0.4) is 0 Å². The highest BCUT2D eigenvalue weighted by Crippen LogP contribution is 2.11. The van der Waals surface area contributed by atoms with Crippen molar-refractivity contribution in [1.29, 1.82) is 0 Å². The van der Waals surface area contributed by atoms with Crippen molar-refractivity contribution in [3.05, 3.63) is 29.8 Å². The van der Waals surface area contributed by atoms with Crippen LogP contribution in [0.2, 0.25) is 0 Å². The van der Waals surface area contributed by atoms with Crippen LogP contribution in [-0.2, 0) is 6.42 Å². The molecule has 56 valence electrons. The Labute approximate surface area is 67.2 Å². The second kappa shape index (κ2) is 3.68. The van der Waals surface area contributed by atoms with Crippen LogP contribution in [0.25, 0.3) is 0 Å². The van der Waals surface area contributed by atoms with Crippen molar-refractivity contribution in [3.8, 4) is 12.3 Å². The fourth-order valence-electron chi connectivity index (χ4n) is 0.969. The minimum Gasteiger partial charge on any atom is -0.399 e. The highest BCUT2D eigenvalue weighted by Gasteiger charge is 1.94. The van der Waals surface area contributed by atoms with E-state index >= 15 is 0 Å². The second-order valence-electron chi connectivity index (χ2n) is 2.40. The van der Waals surface area contributed by atoms with Crippen LogP contribution < -0.4 is 5.73 Å². The van der Waals surface area contributed by atoms with Gasteiger partial charge in [0.1, 0.15) is 0 Å². The van der Waals surface area contributed by atoms with Crippen molar-refractivity contribution in [2.45, 2.75) is 12.8 Å².